The minimum Gasteiger partial charge on any atom is -0.497 e. The molecule has 0 spiro atoms. The summed E-state index contributed by atoms with van der Waals surface area (Å²) in [4.78, 5) is 17.2. The van der Waals surface area contributed by atoms with Crippen LogP contribution in [0.15, 0.2) is 53.4 Å². The molecule has 1 aliphatic rings. The van der Waals surface area contributed by atoms with E-state index in [0.29, 0.717) is 18.7 Å². The summed E-state index contributed by atoms with van der Waals surface area (Å²) in [5, 5.41) is 0. The number of hydrogen-bond donors (Lipinski definition) is 1. The molecule has 8 nitrogen and oxygen atoms in total. The van der Waals surface area contributed by atoms with Crippen LogP contribution >= 0.6 is 0 Å². The van der Waals surface area contributed by atoms with Crippen molar-refractivity contribution in [3.8, 4) is 5.75 Å². The lowest BCUT2D eigenvalue weighted by molar-refractivity contribution is 0.0767. The Morgan fingerprint density at radius 2 is 1.68 bits per heavy atom. The second-order valence-corrected chi connectivity index (χ2v) is 9.01. The number of methoxy groups -OCH3 is 2. The van der Waals surface area contributed by atoms with Crippen molar-refractivity contribution in [1.82, 2.24) is 9.62 Å². The minimum absolute atomic E-state index is 0.0899. The van der Waals surface area contributed by atoms with Crippen LogP contribution in [0.25, 0.3) is 0 Å². The summed E-state index contributed by atoms with van der Waals surface area (Å²) in [6.07, 6.45) is 0.855. The van der Waals surface area contributed by atoms with E-state index in [1.807, 2.05) is 29.2 Å². The molecule has 0 aromatic heterocycles. The van der Waals surface area contributed by atoms with E-state index in [9.17, 15) is 13.2 Å². The molecule has 0 radical (unpaired) electrons. The van der Waals surface area contributed by atoms with Crippen molar-refractivity contribution in [2.75, 3.05) is 58.5 Å². The first kappa shape index (κ1) is 23.1. The maximum atomic E-state index is 13.0. The van der Waals surface area contributed by atoms with Crippen molar-refractivity contribution in [2.45, 2.75) is 11.3 Å². The van der Waals surface area contributed by atoms with Crippen molar-refractivity contribution in [3.05, 3.63) is 54.1 Å². The van der Waals surface area contributed by atoms with Gasteiger partial charge in [-0.05, 0) is 55.0 Å². The lowest BCUT2D eigenvalue weighted by Gasteiger charge is -2.24. The lowest BCUT2D eigenvalue weighted by atomic mass is 10.2. The van der Waals surface area contributed by atoms with Crippen LogP contribution in [0.4, 0.5) is 5.69 Å². The van der Waals surface area contributed by atoms with E-state index in [0.717, 1.165) is 30.9 Å². The van der Waals surface area contributed by atoms with Crippen molar-refractivity contribution in [1.29, 1.82) is 0 Å². The molecule has 1 aliphatic heterocycles. The summed E-state index contributed by atoms with van der Waals surface area (Å²) in [7, 11) is -0.468. The molecule has 2 aromatic rings. The predicted molar refractivity (Wildman–Crippen MR) is 119 cm³/mol. The lowest BCUT2D eigenvalue weighted by Crippen LogP contribution is -2.35. The van der Waals surface area contributed by atoms with Gasteiger partial charge in [0.05, 0.1) is 18.6 Å². The highest BCUT2D eigenvalue weighted by Crippen LogP contribution is 2.21. The molecule has 1 fully saturated rings. The third-order valence-corrected chi connectivity index (χ3v) is 6.71. The van der Waals surface area contributed by atoms with Crippen LogP contribution in [0.2, 0.25) is 0 Å². The Hall–Kier alpha value is -2.62. The Balaban J connectivity index is 1.62. The Bertz CT molecular complexity index is 962. The summed E-state index contributed by atoms with van der Waals surface area (Å²) >= 11 is 0. The molecule has 1 saturated heterocycles. The van der Waals surface area contributed by atoms with Gasteiger partial charge in [-0.3, -0.25) is 4.79 Å². The number of nitrogens with zero attached hydrogens (tertiary/aromatic N) is 2. The molecule has 1 N–H and O–H groups in total. The fourth-order valence-electron chi connectivity index (χ4n) is 3.49. The first-order valence-electron chi connectivity index (χ1n) is 10.2. The van der Waals surface area contributed by atoms with Gasteiger partial charge in [-0.25, -0.2) is 13.1 Å². The zero-order chi connectivity index (χ0) is 22.3. The zero-order valence-electron chi connectivity index (χ0n) is 17.9. The molecule has 1 heterocycles. The molecule has 0 unspecified atom stereocenters. The number of amides is 1. The smallest absolute Gasteiger partial charge is 0.253 e. The second-order valence-electron chi connectivity index (χ2n) is 7.25. The average Bonchev–Trinajstić information content (AvgIpc) is 3.05. The zero-order valence-corrected chi connectivity index (χ0v) is 18.7. The summed E-state index contributed by atoms with van der Waals surface area (Å²) in [6.45, 7) is 3.33. The van der Waals surface area contributed by atoms with Crippen LogP contribution in [0.5, 0.6) is 5.75 Å². The van der Waals surface area contributed by atoms with Crippen LogP contribution in [-0.4, -0.2) is 72.8 Å². The average molecular weight is 448 g/mol. The highest BCUT2D eigenvalue weighted by Gasteiger charge is 2.21. The molecule has 9 heteroatoms. The molecule has 0 aliphatic carbocycles. The number of benzene rings is 2. The fourth-order valence-corrected chi connectivity index (χ4v) is 4.51. The number of sulfonamides is 1. The van der Waals surface area contributed by atoms with E-state index in [-0.39, 0.29) is 24.0 Å². The minimum atomic E-state index is -3.62. The predicted octanol–water partition coefficient (Wildman–Crippen LogP) is 1.97. The maximum Gasteiger partial charge on any atom is 0.253 e. The highest BCUT2D eigenvalue weighted by atomic mass is 32.2. The maximum absolute atomic E-state index is 13.0. The first-order chi connectivity index (χ1) is 14.9. The number of nitrogens with one attached hydrogen (secondary N) is 1. The largest absolute Gasteiger partial charge is 0.497 e. The van der Waals surface area contributed by atoms with E-state index >= 15 is 0 Å². The van der Waals surface area contributed by atoms with Gasteiger partial charge < -0.3 is 19.3 Å². The van der Waals surface area contributed by atoms with Crippen molar-refractivity contribution in [2.24, 2.45) is 0 Å². The molecule has 1 amide bonds. The first-order valence-corrected chi connectivity index (χ1v) is 11.7. The molecule has 168 valence electrons. The van der Waals surface area contributed by atoms with Crippen LogP contribution in [0, 0.1) is 0 Å². The van der Waals surface area contributed by atoms with Crippen molar-refractivity contribution < 1.29 is 22.7 Å². The Labute approximate surface area is 183 Å². The van der Waals surface area contributed by atoms with E-state index in [1.54, 1.807) is 19.2 Å². The van der Waals surface area contributed by atoms with Crippen LogP contribution in [-0.2, 0) is 14.8 Å². The monoisotopic (exact) mass is 447 g/mol. The quantitative estimate of drug-likeness (QED) is 0.623. The number of carbonyl (C=O) groups excluding carboxylic acids is 1. The Kier molecular flexibility index (Phi) is 7.89. The molecule has 0 atom stereocenters. The van der Waals surface area contributed by atoms with Gasteiger partial charge in [-0.1, -0.05) is 0 Å². The standard InChI is InChI=1S/C22H29N3O5S/c1-29-17-12-23-31(27,28)21-10-4-18(5-11-21)22(26)25-14-3-13-24(15-16-25)19-6-8-20(30-2)9-7-19/h4-11,23H,3,12-17H2,1-2H3. The van der Waals surface area contributed by atoms with Gasteiger partial charge in [-0.15, -0.1) is 0 Å². The number of carbonyl (C=O) groups is 1. The third-order valence-electron chi connectivity index (χ3n) is 5.23. The van der Waals surface area contributed by atoms with Crippen molar-refractivity contribution >= 4 is 21.6 Å². The van der Waals surface area contributed by atoms with Gasteiger partial charge in [0, 0.05) is 51.1 Å². The summed E-state index contributed by atoms with van der Waals surface area (Å²) in [5.74, 6) is 0.725. The normalized spacial score (nSPS) is 14.9. The SMILES string of the molecule is COCCNS(=O)(=O)c1ccc(C(=O)N2CCCN(c3ccc(OC)cc3)CC2)cc1. The van der Waals surface area contributed by atoms with Crippen LogP contribution < -0.4 is 14.4 Å². The molecular formula is C22H29N3O5S. The van der Waals surface area contributed by atoms with Crippen LogP contribution in [0.1, 0.15) is 16.8 Å². The van der Waals surface area contributed by atoms with E-state index in [4.69, 9.17) is 9.47 Å². The van der Waals surface area contributed by atoms with Gasteiger partial charge in [0.15, 0.2) is 0 Å². The molecule has 0 saturated carbocycles. The Morgan fingerprint density at radius 1 is 0.968 bits per heavy atom. The number of ether oxygens (including phenoxy) is 2. The van der Waals surface area contributed by atoms with Gasteiger partial charge in [0.2, 0.25) is 10.0 Å². The molecule has 3 rings (SSSR count). The summed E-state index contributed by atoms with van der Waals surface area (Å²) in [6, 6.07) is 14.0. The number of rotatable bonds is 8. The van der Waals surface area contributed by atoms with Crippen LogP contribution in [0.3, 0.4) is 0 Å². The number of hydrogen-bond acceptors (Lipinski definition) is 6. The third kappa shape index (κ3) is 5.96. The van der Waals surface area contributed by atoms with Crippen molar-refractivity contribution in [3.63, 3.8) is 0 Å². The van der Waals surface area contributed by atoms with Gasteiger partial charge in [0.1, 0.15) is 5.75 Å². The summed E-state index contributed by atoms with van der Waals surface area (Å²) in [5.41, 5.74) is 1.58. The molecule has 0 bridgehead atoms. The molecule has 2 aromatic carbocycles. The van der Waals surface area contributed by atoms with Gasteiger partial charge >= 0.3 is 0 Å². The summed E-state index contributed by atoms with van der Waals surface area (Å²) < 4.78 is 37.1. The van der Waals surface area contributed by atoms with Gasteiger partial charge in [0.25, 0.3) is 5.91 Å². The fraction of sp³-hybridized carbons (Fsp3) is 0.409. The van der Waals surface area contributed by atoms with E-state index in [1.165, 1.54) is 19.2 Å². The molecular weight excluding hydrogens is 418 g/mol. The van der Waals surface area contributed by atoms with E-state index in [2.05, 4.69) is 9.62 Å². The van der Waals surface area contributed by atoms with E-state index < -0.39 is 10.0 Å². The van der Waals surface area contributed by atoms with Gasteiger partial charge in [-0.2, -0.15) is 0 Å². The molecule has 31 heavy (non-hydrogen) atoms. The Morgan fingerprint density at radius 3 is 2.32 bits per heavy atom. The second kappa shape index (κ2) is 10.6. The topological polar surface area (TPSA) is 88.2 Å². The highest BCUT2D eigenvalue weighted by molar-refractivity contribution is 7.89. The number of anilines is 1.